The molecule has 6 nitrogen and oxygen atoms in total. The molecule has 0 spiro atoms. The lowest BCUT2D eigenvalue weighted by molar-refractivity contribution is -0.151. The standard InChI is InChI=1S/C27H33NO5/c1-15-10-8-9-13-19(15)23-22(27(31)33-18-11-6-5-7-12-18)17(3)28-20-14-16(2)21(26(30)32-4)25(29)24(20)23/h8-10,13,16,18,21,23,28H,5-7,11-12,14H2,1-4H3/t16-,21+,23+/m1/s1. The zero-order chi connectivity index (χ0) is 23.7. The van der Waals surface area contributed by atoms with Crippen molar-refractivity contribution in [3.63, 3.8) is 0 Å². The van der Waals surface area contributed by atoms with Gasteiger partial charge in [0.2, 0.25) is 0 Å². The van der Waals surface area contributed by atoms with Crippen LogP contribution in [0.25, 0.3) is 0 Å². The minimum Gasteiger partial charge on any atom is -0.468 e. The van der Waals surface area contributed by atoms with E-state index in [1.165, 1.54) is 13.5 Å². The molecule has 0 radical (unpaired) electrons. The molecule has 3 aliphatic rings. The Morgan fingerprint density at radius 3 is 2.42 bits per heavy atom. The topological polar surface area (TPSA) is 81.7 Å². The molecule has 3 atom stereocenters. The van der Waals surface area contributed by atoms with Crippen LogP contribution in [-0.2, 0) is 23.9 Å². The monoisotopic (exact) mass is 451 g/mol. The molecule has 1 aromatic rings. The third kappa shape index (κ3) is 4.35. The molecule has 1 fully saturated rings. The number of benzene rings is 1. The van der Waals surface area contributed by atoms with Crippen molar-refractivity contribution in [1.29, 1.82) is 0 Å². The molecule has 0 saturated heterocycles. The molecule has 0 unspecified atom stereocenters. The zero-order valence-corrected chi connectivity index (χ0v) is 19.9. The zero-order valence-electron chi connectivity index (χ0n) is 19.9. The van der Waals surface area contributed by atoms with E-state index >= 15 is 0 Å². The molecule has 0 bridgehead atoms. The number of hydrogen-bond acceptors (Lipinski definition) is 6. The fraction of sp³-hybridized carbons (Fsp3) is 0.519. The van der Waals surface area contributed by atoms with E-state index in [0.717, 1.165) is 42.5 Å². The first-order valence-electron chi connectivity index (χ1n) is 11.9. The first kappa shape index (κ1) is 23.3. The first-order chi connectivity index (χ1) is 15.8. The number of carbonyl (C=O) groups is 3. The van der Waals surface area contributed by atoms with Crippen molar-refractivity contribution in [2.45, 2.75) is 71.3 Å². The molecular formula is C27H33NO5. The molecule has 4 rings (SSSR count). The molecule has 176 valence electrons. The van der Waals surface area contributed by atoms with Gasteiger partial charge in [0.05, 0.1) is 12.7 Å². The molecule has 1 heterocycles. The Balaban J connectivity index is 1.80. The maximum atomic E-state index is 13.8. The summed E-state index contributed by atoms with van der Waals surface area (Å²) >= 11 is 0. The van der Waals surface area contributed by atoms with Gasteiger partial charge in [-0.15, -0.1) is 0 Å². The number of dihydropyridines is 1. The number of Topliss-reactive ketones (excluding diaryl/α,β-unsaturated/α-hetero) is 1. The number of ketones is 1. The molecule has 0 amide bonds. The molecular weight excluding hydrogens is 418 g/mol. The van der Waals surface area contributed by atoms with Crippen molar-refractivity contribution in [3.8, 4) is 0 Å². The summed E-state index contributed by atoms with van der Waals surface area (Å²) in [6.07, 6.45) is 5.46. The van der Waals surface area contributed by atoms with Crippen molar-refractivity contribution in [2.24, 2.45) is 11.8 Å². The van der Waals surface area contributed by atoms with Gasteiger partial charge in [-0.2, -0.15) is 0 Å². The van der Waals surface area contributed by atoms with Crippen molar-refractivity contribution < 1.29 is 23.9 Å². The summed E-state index contributed by atoms with van der Waals surface area (Å²) in [4.78, 5) is 39.8. The van der Waals surface area contributed by atoms with Gasteiger partial charge in [-0.3, -0.25) is 9.59 Å². The van der Waals surface area contributed by atoms with E-state index in [-0.39, 0.29) is 23.8 Å². The van der Waals surface area contributed by atoms with Gasteiger partial charge in [-0.1, -0.05) is 37.6 Å². The van der Waals surface area contributed by atoms with Crippen LogP contribution < -0.4 is 5.32 Å². The van der Waals surface area contributed by atoms with E-state index in [4.69, 9.17) is 9.47 Å². The van der Waals surface area contributed by atoms with Crippen molar-refractivity contribution in [1.82, 2.24) is 5.32 Å². The molecule has 1 aliphatic heterocycles. The van der Waals surface area contributed by atoms with Crippen LogP contribution in [0.1, 0.15) is 69.4 Å². The second kappa shape index (κ2) is 9.54. The summed E-state index contributed by atoms with van der Waals surface area (Å²) in [6.45, 7) is 5.73. The van der Waals surface area contributed by atoms with E-state index in [1.807, 2.05) is 45.0 Å². The predicted molar refractivity (Wildman–Crippen MR) is 124 cm³/mol. The largest absolute Gasteiger partial charge is 0.468 e. The molecule has 1 aromatic carbocycles. The van der Waals surface area contributed by atoms with Crippen LogP contribution in [0.5, 0.6) is 0 Å². The summed E-state index contributed by atoms with van der Waals surface area (Å²) < 4.78 is 10.9. The Morgan fingerprint density at radius 2 is 1.76 bits per heavy atom. The highest BCUT2D eigenvalue weighted by atomic mass is 16.5. The quantitative estimate of drug-likeness (QED) is 0.537. The minimum atomic E-state index is -0.879. The van der Waals surface area contributed by atoms with Crippen molar-refractivity contribution >= 4 is 17.7 Å². The van der Waals surface area contributed by atoms with Gasteiger partial charge in [-0.05, 0) is 63.0 Å². The van der Waals surface area contributed by atoms with Gasteiger partial charge in [0.1, 0.15) is 12.0 Å². The highest BCUT2D eigenvalue weighted by Gasteiger charge is 2.47. The van der Waals surface area contributed by atoms with Crippen LogP contribution in [0.4, 0.5) is 0 Å². The number of allylic oxidation sites excluding steroid dienone is 3. The van der Waals surface area contributed by atoms with Crippen LogP contribution in [0.3, 0.4) is 0 Å². The lowest BCUT2D eigenvalue weighted by Gasteiger charge is -2.39. The average Bonchev–Trinajstić information content (AvgIpc) is 2.79. The third-order valence-electron chi connectivity index (χ3n) is 7.29. The van der Waals surface area contributed by atoms with Gasteiger partial charge in [-0.25, -0.2) is 4.79 Å². The van der Waals surface area contributed by atoms with Gasteiger partial charge in [0.25, 0.3) is 0 Å². The summed E-state index contributed by atoms with van der Waals surface area (Å²) in [5.41, 5.74) is 4.30. The summed E-state index contributed by atoms with van der Waals surface area (Å²) in [6, 6.07) is 7.78. The van der Waals surface area contributed by atoms with E-state index in [0.29, 0.717) is 23.3 Å². The predicted octanol–water partition coefficient (Wildman–Crippen LogP) is 4.48. The number of esters is 2. The molecule has 6 heteroatoms. The molecule has 1 N–H and O–H groups in total. The third-order valence-corrected chi connectivity index (χ3v) is 7.29. The van der Waals surface area contributed by atoms with Gasteiger partial charge < -0.3 is 14.8 Å². The second-order valence-electron chi connectivity index (χ2n) is 9.56. The summed E-state index contributed by atoms with van der Waals surface area (Å²) in [5.74, 6) is -2.83. The summed E-state index contributed by atoms with van der Waals surface area (Å²) in [5, 5.41) is 3.33. The number of aryl methyl sites for hydroxylation is 1. The van der Waals surface area contributed by atoms with Gasteiger partial charge in [0.15, 0.2) is 5.78 Å². The van der Waals surface area contributed by atoms with Crippen LogP contribution in [-0.4, -0.2) is 30.9 Å². The average molecular weight is 452 g/mol. The lowest BCUT2D eigenvalue weighted by Crippen LogP contribution is -2.43. The Kier molecular flexibility index (Phi) is 6.73. The van der Waals surface area contributed by atoms with Crippen LogP contribution in [0.2, 0.25) is 0 Å². The maximum absolute atomic E-state index is 13.8. The molecule has 33 heavy (non-hydrogen) atoms. The van der Waals surface area contributed by atoms with E-state index in [9.17, 15) is 14.4 Å². The van der Waals surface area contributed by atoms with E-state index in [2.05, 4.69) is 5.32 Å². The molecule has 1 saturated carbocycles. The van der Waals surface area contributed by atoms with Crippen LogP contribution in [0, 0.1) is 18.8 Å². The number of rotatable bonds is 4. The Bertz CT molecular complexity index is 1030. The van der Waals surface area contributed by atoms with Crippen molar-refractivity contribution in [2.75, 3.05) is 7.11 Å². The maximum Gasteiger partial charge on any atom is 0.337 e. The second-order valence-corrected chi connectivity index (χ2v) is 9.56. The van der Waals surface area contributed by atoms with E-state index in [1.54, 1.807) is 0 Å². The fourth-order valence-corrected chi connectivity index (χ4v) is 5.57. The Hall–Kier alpha value is -2.89. The van der Waals surface area contributed by atoms with Gasteiger partial charge in [0, 0.05) is 22.9 Å². The van der Waals surface area contributed by atoms with Gasteiger partial charge >= 0.3 is 11.9 Å². The molecule has 2 aliphatic carbocycles. The highest BCUT2D eigenvalue weighted by Crippen LogP contribution is 2.46. The Morgan fingerprint density at radius 1 is 1.06 bits per heavy atom. The summed E-state index contributed by atoms with van der Waals surface area (Å²) in [7, 11) is 1.31. The normalized spacial score (nSPS) is 25.9. The van der Waals surface area contributed by atoms with Crippen LogP contribution in [0.15, 0.2) is 46.8 Å². The SMILES string of the molecule is COC(=O)[C@@H]1C(=O)C2=C(C[C@H]1C)NC(C)=C(C(=O)OC1CCCCC1)[C@@H]2c1ccccc1C. The number of carbonyl (C=O) groups excluding carboxylic acids is 3. The number of methoxy groups -OCH3 is 1. The van der Waals surface area contributed by atoms with Crippen molar-refractivity contribution in [3.05, 3.63) is 57.9 Å². The number of nitrogens with one attached hydrogen (secondary N) is 1. The smallest absolute Gasteiger partial charge is 0.337 e. The highest BCUT2D eigenvalue weighted by molar-refractivity contribution is 6.12. The molecule has 0 aromatic heterocycles. The Labute approximate surface area is 195 Å². The minimum absolute atomic E-state index is 0.0932. The fourth-order valence-electron chi connectivity index (χ4n) is 5.57. The number of ether oxygens (including phenoxy) is 2. The van der Waals surface area contributed by atoms with Crippen LogP contribution >= 0.6 is 0 Å². The lowest BCUT2D eigenvalue weighted by atomic mass is 9.68. The number of hydrogen-bond donors (Lipinski definition) is 1. The van der Waals surface area contributed by atoms with E-state index < -0.39 is 17.8 Å². The first-order valence-corrected chi connectivity index (χ1v) is 11.9.